The third kappa shape index (κ3) is 4.29. The average molecular weight is 396 g/mol. The van der Waals surface area contributed by atoms with Crippen molar-refractivity contribution in [1.82, 2.24) is 9.88 Å². The molecule has 0 radical (unpaired) electrons. The molecule has 0 atom stereocenters. The first kappa shape index (κ1) is 18.8. The van der Waals surface area contributed by atoms with Crippen molar-refractivity contribution in [3.8, 4) is 10.6 Å². The summed E-state index contributed by atoms with van der Waals surface area (Å²) in [6.45, 7) is 1.91. The first-order chi connectivity index (χ1) is 13.7. The number of nitrogens with zero attached hydrogens (tertiary/aromatic N) is 2. The van der Waals surface area contributed by atoms with E-state index in [0.717, 1.165) is 18.4 Å². The molecule has 0 aliphatic carbocycles. The highest BCUT2D eigenvalue weighted by atomic mass is 32.1. The molecular weight excluding hydrogens is 375 g/mol. The highest BCUT2D eigenvalue weighted by molar-refractivity contribution is 7.16. The molecule has 28 heavy (non-hydrogen) atoms. The summed E-state index contributed by atoms with van der Waals surface area (Å²) in [5.74, 6) is -0.367. The minimum atomic E-state index is -0.327. The van der Waals surface area contributed by atoms with Gasteiger partial charge in [0.1, 0.15) is 15.7 Å². The Morgan fingerprint density at radius 2 is 1.82 bits per heavy atom. The molecule has 1 fully saturated rings. The standard InChI is InChI=1S/C22H21FN2O2S/c23-19-9-5-4-8-18(19)21-24-14-20(28-21)22(26)25-12-10-17(11-13-25)27-15-16-6-2-1-3-7-16/h1-9,14,17H,10-13,15H2. The maximum atomic E-state index is 13.9. The van der Waals surface area contributed by atoms with Crippen LogP contribution in [0.1, 0.15) is 28.1 Å². The molecule has 1 aromatic heterocycles. The van der Waals surface area contributed by atoms with Gasteiger partial charge in [-0.1, -0.05) is 42.5 Å². The summed E-state index contributed by atoms with van der Waals surface area (Å²) in [5, 5.41) is 0.530. The topological polar surface area (TPSA) is 42.4 Å². The zero-order chi connectivity index (χ0) is 19.3. The highest BCUT2D eigenvalue weighted by Gasteiger charge is 2.25. The lowest BCUT2D eigenvalue weighted by Crippen LogP contribution is -2.40. The number of carbonyl (C=O) groups is 1. The maximum Gasteiger partial charge on any atom is 0.265 e. The Kier molecular flexibility index (Phi) is 5.78. The number of hydrogen-bond donors (Lipinski definition) is 0. The Morgan fingerprint density at radius 1 is 1.11 bits per heavy atom. The summed E-state index contributed by atoms with van der Waals surface area (Å²) < 4.78 is 19.9. The van der Waals surface area contributed by atoms with Crippen LogP contribution in [0.15, 0.2) is 60.8 Å². The molecule has 4 rings (SSSR count). The van der Waals surface area contributed by atoms with Crippen molar-refractivity contribution in [2.24, 2.45) is 0 Å². The minimum Gasteiger partial charge on any atom is -0.373 e. The molecule has 0 spiro atoms. The summed E-state index contributed by atoms with van der Waals surface area (Å²) in [5.41, 5.74) is 1.59. The third-order valence-corrected chi connectivity index (χ3v) is 5.90. The van der Waals surface area contributed by atoms with Crippen molar-refractivity contribution < 1.29 is 13.9 Å². The minimum absolute atomic E-state index is 0.0402. The summed E-state index contributed by atoms with van der Waals surface area (Å²) in [4.78, 5) is 19.4. The van der Waals surface area contributed by atoms with Gasteiger partial charge in [-0.25, -0.2) is 9.37 Å². The van der Waals surface area contributed by atoms with Crippen LogP contribution in [0.5, 0.6) is 0 Å². The number of likely N-dealkylation sites (tertiary alicyclic amines) is 1. The van der Waals surface area contributed by atoms with Crippen LogP contribution in [-0.2, 0) is 11.3 Å². The Balaban J connectivity index is 1.32. The van der Waals surface area contributed by atoms with E-state index >= 15 is 0 Å². The molecule has 0 N–H and O–H groups in total. The molecule has 0 unspecified atom stereocenters. The molecule has 6 heteroatoms. The van der Waals surface area contributed by atoms with Crippen LogP contribution in [-0.4, -0.2) is 35.0 Å². The van der Waals surface area contributed by atoms with Crippen LogP contribution >= 0.6 is 11.3 Å². The van der Waals surface area contributed by atoms with Crippen molar-refractivity contribution >= 4 is 17.2 Å². The Morgan fingerprint density at radius 3 is 2.57 bits per heavy atom. The number of benzene rings is 2. The van der Waals surface area contributed by atoms with Crippen LogP contribution in [0.3, 0.4) is 0 Å². The quantitative estimate of drug-likeness (QED) is 0.624. The number of amides is 1. The summed E-state index contributed by atoms with van der Waals surface area (Å²) in [6.07, 6.45) is 3.35. The number of carbonyl (C=O) groups excluding carboxylic acids is 1. The van der Waals surface area contributed by atoms with Gasteiger partial charge in [-0.05, 0) is 30.5 Å². The molecule has 1 aliphatic rings. The van der Waals surface area contributed by atoms with E-state index in [0.29, 0.717) is 35.1 Å². The van der Waals surface area contributed by atoms with Gasteiger partial charge in [0.15, 0.2) is 0 Å². The number of ether oxygens (including phenoxy) is 1. The van der Waals surface area contributed by atoms with E-state index in [9.17, 15) is 9.18 Å². The van der Waals surface area contributed by atoms with Gasteiger partial charge in [-0.3, -0.25) is 4.79 Å². The molecule has 1 aliphatic heterocycles. The number of aromatic nitrogens is 1. The second-order valence-electron chi connectivity index (χ2n) is 6.80. The molecular formula is C22H21FN2O2S. The first-order valence-electron chi connectivity index (χ1n) is 9.36. The SMILES string of the molecule is O=C(c1cnc(-c2ccccc2F)s1)N1CCC(OCc2ccccc2)CC1. The molecule has 1 amide bonds. The van der Waals surface area contributed by atoms with Gasteiger partial charge in [0.05, 0.1) is 18.9 Å². The van der Waals surface area contributed by atoms with Crippen molar-refractivity contribution in [3.63, 3.8) is 0 Å². The van der Waals surface area contributed by atoms with Gasteiger partial charge in [-0.2, -0.15) is 0 Å². The predicted octanol–water partition coefficient (Wildman–Crippen LogP) is 4.77. The van der Waals surface area contributed by atoms with Gasteiger partial charge < -0.3 is 9.64 Å². The van der Waals surface area contributed by atoms with E-state index in [1.54, 1.807) is 24.4 Å². The van der Waals surface area contributed by atoms with Gasteiger partial charge in [0.25, 0.3) is 5.91 Å². The van der Waals surface area contributed by atoms with Crippen molar-refractivity contribution in [2.45, 2.75) is 25.6 Å². The fourth-order valence-corrected chi connectivity index (χ4v) is 4.21. The van der Waals surface area contributed by atoms with E-state index in [1.807, 2.05) is 23.1 Å². The largest absolute Gasteiger partial charge is 0.373 e. The second-order valence-corrected chi connectivity index (χ2v) is 7.83. The summed E-state index contributed by atoms with van der Waals surface area (Å²) >= 11 is 1.24. The van der Waals surface area contributed by atoms with E-state index in [-0.39, 0.29) is 17.8 Å². The zero-order valence-corrected chi connectivity index (χ0v) is 16.2. The van der Waals surface area contributed by atoms with Gasteiger partial charge in [0, 0.05) is 18.7 Å². The maximum absolute atomic E-state index is 13.9. The lowest BCUT2D eigenvalue weighted by Gasteiger charge is -2.31. The Hall–Kier alpha value is -2.57. The third-order valence-electron chi connectivity index (χ3n) is 4.88. The number of piperidine rings is 1. The number of halogens is 1. The number of thiazole rings is 1. The summed E-state index contributed by atoms with van der Waals surface area (Å²) in [7, 11) is 0. The lowest BCUT2D eigenvalue weighted by atomic mass is 10.1. The van der Waals surface area contributed by atoms with Crippen LogP contribution in [0.25, 0.3) is 10.6 Å². The number of hydrogen-bond acceptors (Lipinski definition) is 4. The number of rotatable bonds is 5. The Labute approximate surface area is 167 Å². The molecule has 0 saturated carbocycles. The smallest absolute Gasteiger partial charge is 0.265 e. The fourth-order valence-electron chi connectivity index (χ4n) is 3.30. The molecule has 144 valence electrons. The molecule has 2 aromatic carbocycles. The first-order valence-corrected chi connectivity index (χ1v) is 10.2. The molecule has 2 heterocycles. The van der Waals surface area contributed by atoms with E-state index in [2.05, 4.69) is 17.1 Å². The Bertz CT molecular complexity index is 936. The van der Waals surface area contributed by atoms with E-state index in [4.69, 9.17) is 4.74 Å². The second kappa shape index (κ2) is 8.63. The van der Waals surface area contributed by atoms with Crippen LogP contribution < -0.4 is 0 Å². The van der Waals surface area contributed by atoms with Crippen LogP contribution in [0.4, 0.5) is 4.39 Å². The fraction of sp³-hybridized carbons (Fsp3) is 0.273. The van der Waals surface area contributed by atoms with Gasteiger partial charge in [0.2, 0.25) is 0 Å². The lowest BCUT2D eigenvalue weighted by molar-refractivity contribution is -0.000275. The normalized spacial score (nSPS) is 15.0. The molecule has 0 bridgehead atoms. The van der Waals surface area contributed by atoms with E-state index in [1.165, 1.54) is 17.4 Å². The monoisotopic (exact) mass is 396 g/mol. The van der Waals surface area contributed by atoms with Gasteiger partial charge >= 0.3 is 0 Å². The van der Waals surface area contributed by atoms with Crippen molar-refractivity contribution in [1.29, 1.82) is 0 Å². The van der Waals surface area contributed by atoms with Crippen LogP contribution in [0, 0.1) is 5.82 Å². The van der Waals surface area contributed by atoms with Crippen molar-refractivity contribution in [2.75, 3.05) is 13.1 Å². The van der Waals surface area contributed by atoms with Gasteiger partial charge in [-0.15, -0.1) is 11.3 Å². The average Bonchev–Trinajstić information content (AvgIpc) is 3.23. The highest BCUT2D eigenvalue weighted by Crippen LogP contribution is 2.28. The van der Waals surface area contributed by atoms with Crippen LogP contribution in [0.2, 0.25) is 0 Å². The van der Waals surface area contributed by atoms with Crippen molar-refractivity contribution in [3.05, 3.63) is 77.1 Å². The molecule has 1 saturated heterocycles. The predicted molar refractivity (Wildman–Crippen MR) is 108 cm³/mol. The zero-order valence-electron chi connectivity index (χ0n) is 15.4. The summed E-state index contributed by atoms with van der Waals surface area (Å²) in [6, 6.07) is 16.6. The molecule has 4 nitrogen and oxygen atoms in total. The molecule has 3 aromatic rings. The van der Waals surface area contributed by atoms with E-state index < -0.39 is 0 Å².